The fourth-order valence-electron chi connectivity index (χ4n) is 4.15. The minimum Gasteiger partial charge on any atom is -0.383 e. The van der Waals surface area contributed by atoms with Gasteiger partial charge in [-0.2, -0.15) is 4.98 Å². The van der Waals surface area contributed by atoms with E-state index in [0.29, 0.717) is 18.1 Å². The number of nitrogens with two attached hydrogens (primary N) is 2. The smallest absolute Gasteiger partial charge is 0.354 e. The SMILES string of the molecule is Nc1ccn(-c2ccc3c(c2)CCC(N[C@H]2CC[C@H](N)C2)C3)c(=O)n1. The van der Waals surface area contributed by atoms with Crippen LogP contribution < -0.4 is 22.5 Å². The molecule has 132 valence electrons. The van der Waals surface area contributed by atoms with Gasteiger partial charge in [-0.15, -0.1) is 0 Å². The Balaban J connectivity index is 1.50. The predicted octanol–water partition coefficient (Wildman–Crippen LogP) is 1.14. The molecule has 1 aromatic carbocycles. The van der Waals surface area contributed by atoms with Crippen LogP contribution in [-0.2, 0) is 12.8 Å². The third-order valence-corrected chi connectivity index (χ3v) is 5.47. The molecule has 2 aliphatic rings. The highest BCUT2D eigenvalue weighted by molar-refractivity contribution is 5.43. The van der Waals surface area contributed by atoms with Gasteiger partial charge in [-0.25, -0.2) is 4.79 Å². The Kier molecular flexibility index (Phi) is 4.31. The molecule has 5 N–H and O–H groups in total. The van der Waals surface area contributed by atoms with Crippen molar-refractivity contribution in [2.75, 3.05) is 5.73 Å². The maximum absolute atomic E-state index is 12.0. The van der Waals surface area contributed by atoms with Crippen molar-refractivity contribution < 1.29 is 0 Å². The van der Waals surface area contributed by atoms with Crippen LogP contribution in [0.25, 0.3) is 5.69 Å². The van der Waals surface area contributed by atoms with Gasteiger partial charge in [-0.3, -0.25) is 4.57 Å². The number of hydrogen-bond acceptors (Lipinski definition) is 5. The van der Waals surface area contributed by atoms with Gasteiger partial charge in [0.2, 0.25) is 0 Å². The minimum atomic E-state index is -0.340. The van der Waals surface area contributed by atoms with E-state index in [1.807, 2.05) is 6.07 Å². The van der Waals surface area contributed by atoms with Crippen LogP contribution in [0.3, 0.4) is 0 Å². The Morgan fingerprint density at radius 2 is 2.00 bits per heavy atom. The molecular formula is C19H25N5O. The van der Waals surface area contributed by atoms with Gasteiger partial charge < -0.3 is 16.8 Å². The Bertz CT molecular complexity index is 831. The second-order valence-corrected chi connectivity index (χ2v) is 7.33. The summed E-state index contributed by atoms with van der Waals surface area (Å²) in [7, 11) is 0. The van der Waals surface area contributed by atoms with E-state index >= 15 is 0 Å². The largest absolute Gasteiger partial charge is 0.383 e. The molecule has 3 atom stereocenters. The average molecular weight is 339 g/mol. The van der Waals surface area contributed by atoms with Gasteiger partial charge in [0.05, 0.1) is 5.69 Å². The van der Waals surface area contributed by atoms with Gasteiger partial charge in [0.25, 0.3) is 0 Å². The molecule has 0 radical (unpaired) electrons. The molecule has 0 saturated heterocycles. The molecule has 1 fully saturated rings. The first-order chi connectivity index (χ1) is 12.1. The number of nitrogens with one attached hydrogen (secondary N) is 1. The summed E-state index contributed by atoms with van der Waals surface area (Å²) in [6.45, 7) is 0. The quantitative estimate of drug-likeness (QED) is 0.779. The number of hydrogen-bond donors (Lipinski definition) is 3. The average Bonchev–Trinajstić information content (AvgIpc) is 2.99. The second-order valence-electron chi connectivity index (χ2n) is 7.33. The number of anilines is 1. The number of benzene rings is 1. The molecule has 1 unspecified atom stereocenters. The third kappa shape index (κ3) is 3.45. The fraction of sp³-hybridized carbons (Fsp3) is 0.474. The maximum atomic E-state index is 12.0. The summed E-state index contributed by atoms with van der Waals surface area (Å²) in [6.07, 6.45) is 8.29. The van der Waals surface area contributed by atoms with Gasteiger partial charge in [0, 0.05) is 24.3 Å². The van der Waals surface area contributed by atoms with Crippen molar-refractivity contribution in [3.63, 3.8) is 0 Å². The highest BCUT2D eigenvalue weighted by Crippen LogP contribution is 2.26. The van der Waals surface area contributed by atoms with Crippen LogP contribution in [0.2, 0.25) is 0 Å². The first-order valence-electron chi connectivity index (χ1n) is 9.07. The fourth-order valence-corrected chi connectivity index (χ4v) is 4.15. The van der Waals surface area contributed by atoms with Crippen LogP contribution in [0.15, 0.2) is 35.3 Å². The van der Waals surface area contributed by atoms with E-state index in [0.717, 1.165) is 37.8 Å². The Morgan fingerprint density at radius 3 is 2.76 bits per heavy atom. The van der Waals surface area contributed by atoms with E-state index < -0.39 is 0 Å². The highest BCUT2D eigenvalue weighted by atomic mass is 16.1. The Labute approximate surface area is 147 Å². The molecule has 2 aliphatic carbocycles. The molecule has 1 heterocycles. The molecule has 2 aromatic rings. The lowest BCUT2D eigenvalue weighted by Crippen LogP contribution is -2.41. The number of rotatable bonds is 3. The van der Waals surface area contributed by atoms with Crippen LogP contribution in [0.1, 0.15) is 36.8 Å². The number of aromatic nitrogens is 2. The molecule has 25 heavy (non-hydrogen) atoms. The van der Waals surface area contributed by atoms with Crippen molar-refractivity contribution in [2.24, 2.45) is 5.73 Å². The Hall–Kier alpha value is -2.18. The lowest BCUT2D eigenvalue weighted by atomic mass is 9.87. The van der Waals surface area contributed by atoms with Crippen molar-refractivity contribution in [2.45, 2.75) is 56.7 Å². The molecule has 0 aliphatic heterocycles. The summed E-state index contributed by atoms with van der Waals surface area (Å²) in [5.74, 6) is 0.250. The van der Waals surface area contributed by atoms with Crippen LogP contribution >= 0.6 is 0 Å². The standard InChI is InChI=1S/C19H25N5O/c20-14-3-5-16(11-14)22-15-4-1-13-10-17(6-2-12(13)9-15)24-8-7-18(21)23-19(24)25/h2,6-8,10,14-16,22H,1,3-5,9,11,20H2,(H2,21,23,25)/t14-,15?,16-/m0/s1. The van der Waals surface area contributed by atoms with Crippen molar-refractivity contribution in [3.05, 3.63) is 52.1 Å². The van der Waals surface area contributed by atoms with E-state index in [9.17, 15) is 4.79 Å². The third-order valence-electron chi connectivity index (χ3n) is 5.47. The molecule has 6 nitrogen and oxygen atoms in total. The van der Waals surface area contributed by atoms with Crippen LogP contribution in [0.4, 0.5) is 5.82 Å². The van der Waals surface area contributed by atoms with E-state index in [4.69, 9.17) is 11.5 Å². The topological polar surface area (TPSA) is 99.0 Å². The molecule has 0 bridgehead atoms. The summed E-state index contributed by atoms with van der Waals surface area (Å²) >= 11 is 0. The van der Waals surface area contributed by atoms with Crippen LogP contribution in [-0.4, -0.2) is 27.7 Å². The molecule has 4 rings (SSSR count). The first-order valence-corrected chi connectivity index (χ1v) is 9.07. The van der Waals surface area contributed by atoms with Gasteiger partial charge in [0.1, 0.15) is 5.82 Å². The molecule has 6 heteroatoms. The number of nitrogens with zero attached hydrogens (tertiary/aromatic N) is 2. The second kappa shape index (κ2) is 6.61. The molecule has 1 aromatic heterocycles. The molecule has 0 amide bonds. The first kappa shape index (κ1) is 16.3. The summed E-state index contributed by atoms with van der Waals surface area (Å²) < 4.78 is 1.54. The predicted molar refractivity (Wildman–Crippen MR) is 98.8 cm³/mol. The zero-order valence-corrected chi connectivity index (χ0v) is 14.3. The number of aryl methyl sites for hydroxylation is 1. The lowest BCUT2D eigenvalue weighted by Gasteiger charge is -2.28. The summed E-state index contributed by atoms with van der Waals surface area (Å²) in [6, 6.07) is 9.34. The monoisotopic (exact) mass is 339 g/mol. The van der Waals surface area contributed by atoms with E-state index in [1.54, 1.807) is 16.8 Å². The van der Waals surface area contributed by atoms with E-state index in [1.165, 1.54) is 17.5 Å². The van der Waals surface area contributed by atoms with E-state index in [2.05, 4.69) is 22.4 Å². The zero-order chi connectivity index (χ0) is 17.4. The molecule has 1 saturated carbocycles. The highest BCUT2D eigenvalue weighted by Gasteiger charge is 2.26. The van der Waals surface area contributed by atoms with Gasteiger partial charge in [-0.05, 0) is 67.9 Å². The van der Waals surface area contributed by atoms with Crippen molar-refractivity contribution >= 4 is 5.82 Å². The lowest BCUT2D eigenvalue weighted by molar-refractivity contribution is 0.393. The summed E-state index contributed by atoms with van der Waals surface area (Å²) in [5, 5.41) is 3.79. The minimum absolute atomic E-state index is 0.250. The molecular weight excluding hydrogens is 314 g/mol. The zero-order valence-electron chi connectivity index (χ0n) is 14.3. The summed E-state index contributed by atoms with van der Waals surface area (Å²) in [4.78, 5) is 15.8. The van der Waals surface area contributed by atoms with Gasteiger partial charge in [0.15, 0.2) is 0 Å². The normalized spacial score (nSPS) is 25.7. The maximum Gasteiger partial charge on any atom is 0.354 e. The van der Waals surface area contributed by atoms with Crippen LogP contribution in [0.5, 0.6) is 0 Å². The van der Waals surface area contributed by atoms with E-state index in [-0.39, 0.29) is 11.5 Å². The van der Waals surface area contributed by atoms with Gasteiger partial charge in [-0.1, -0.05) is 6.07 Å². The van der Waals surface area contributed by atoms with Gasteiger partial charge >= 0.3 is 5.69 Å². The Morgan fingerprint density at radius 1 is 1.12 bits per heavy atom. The van der Waals surface area contributed by atoms with Crippen molar-refractivity contribution in [1.29, 1.82) is 0 Å². The molecule has 0 spiro atoms. The number of fused-ring (bicyclic) bond motifs is 1. The van der Waals surface area contributed by atoms with Crippen molar-refractivity contribution in [3.8, 4) is 5.69 Å². The van der Waals surface area contributed by atoms with Crippen molar-refractivity contribution in [1.82, 2.24) is 14.9 Å². The number of nitrogen functional groups attached to an aromatic ring is 1. The van der Waals surface area contributed by atoms with Crippen LogP contribution in [0, 0.1) is 0 Å². The summed E-state index contributed by atoms with van der Waals surface area (Å²) in [5.41, 5.74) is 14.8.